The van der Waals surface area contributed by atoms with Crippen LogP contribution in [0.25, 0.3) is 66.8 Å². The number of rotatable bonds is 4. The van der Waals surface area contributed by atoms with Crippen molar-refractivity contribution in [2.24, 2.45) is 0 Å². The Bertz CT molecular complexity index is 2190. The molecule has 7 aromatic rings. The molecule has 0 amide bonds. The van der Waals surface area contributed by atoms with Crippen LogP contribution in [0.2, 0.25) is 0 Å². The molecule has 2 aliphatic rings. The molecule has 44 heavy (non-hydrogen) atoms. The van der Waals surface area contributed by atoms with Crippen molar-refractivity contribution < 1.29 is 4.39 Å². The standard InChI is InChI=1S/C42H26FN/c43-29-19-23-32(24-20-29)44(30-8-2-1-3-9-30)31-21-16-27(17-22-31)28-18-25-34-37-13-7-14-38-39-15-6-12-36(42(39)40(34)26-28)33-10-4-5-11-35(33)41(37)38/h1-26H. The summed E-state index contributed by atoms with van der Waals surface area (Å²) < 4.78 is 13.8. The van der Waals surface area contributed by atoms with Gasteiger partial charge in [0.25, 0.3) is 0 Å². The predicted octanol–water partition coefficient (Wildman–Crippen LogP) is 11.9. The van der Waals surface area contributed by atoms with E-state index in [0.717, 1.165) is 22.6 Å². The van der Waals surface area contributed by atoms with Crippen LogP contribution in [0.4, 0.5) is 21.5 Å². The van der Waals surface area contributed by atoms with Crippen molar-refractivity contribution in [2.75, 3.05) is 4.90 Å². The van der Waals surface area contributed by atoms with Crippen molar-refractivity contribution in [1.82, 2.24) is 0 Å². The second-order valence-corrected chi connectivity index (χ2v) is 11.5. The number of benzene rings is 7. The number of fused-ring (bicyclic) bond motifs is 4. The highest BCUT2D eigenvalue weighted by Gasteiger charge is 2.30. The maximum absolute atomic E-state index is 13.8. The quantitative estimate of drug-likeness (QED) is 0.206. The Morgan fingerprint density at radius 1 is 0.318 bits per heavy atom. The van der Waals surface area contributed by atoms with E-state index in [1.165, 1.54) is 73.3 Å². The summed E-state index contributed by atoms with van der Waals surface area (Å²) in [5.74, 6) is -0.244. The summed E-state index contributed by atoms with van der Waals surface area (Å²) >= 11 is 0. The van der Waals surface area contributed by atoms with E-state index in [-0.39, 0.29) is 5.82 Å². The summed E-state index contributed by atoms with van der Waals surface area (Å²) in [5, 5.41) is 0. The average molecular weight is 564 g/mol. The van der Waals surface area contributed by atoms with E-state index in [1.54, 1.807) is 0 Å². The van der Waals surface area contributed by atoms with E-state index in [2.05, 4.69) is 120 Å². The van der Waals surface area contributed by atoms with Crippen LogP contribution in [0.3, 0.4) is 0 Å². The molecular formula is C42H26FN. The molecule has 0 N–H and O–H groups in total. The van der Waals surface area contributed by atoms with Gasteiger partial charge < -0.3 is 4.90 Å². The van der Waals surface area contributed by atoms with Crippen LogP contribution >= 0.6 is 0 Å². The van der Waals surface area contributed by atoms with Gasteiger partial charge in [-0.25, -0.2) is 4.39 Å². The molecule has 0 fully saturated rings. The fourth-order valence-electron chi connectivity index (χ4n) is 7.10. The third-order valence-electron chi connectivity index (χ3n) is 9.04. The molecule has 0 aromatic heterocycles. The van der Waals surface area contributed by atoms with Gasteiger partial charge in [-0.2, -0.15) is 0 Å². The van der Waals surface area contributed by atoms with Gasteiger partial charge in [-0.05, 0) is 121 Å². The first-order valence-corrected chi connectivity index (χ1v) is 15.0. The van der Waals surface area contributed by atoms with Gasteiger partial charge in [-0.3, -0.25) is 0 Å². The molecule has 0 saturated carbocycles. The second-order valence-electron chi connectivity index (χ2n) is 11.5. The van der Waals surface area contributed by atoms with Gasteiger partial charge >= 0.3 is 0 Å². The van der Waals surface area contributed by atoms with Gasteiger partial charge in [0, 0.05) is 17.1 Å². The van der Waals surface area contributed by atoms with Crippen LogP contribution in [-0.2, 0) is 0 Å². The van der Waals surface area contributed by atoms with E-state index in [4.69, 9.17) is 0 Å². The van der Waals surface area contributed by atoms with Crippen LogP contribution in [0.5, 0.6) is 0 Å². The Hall–Kier alpha value is -5.73. The number of para-hydroxylation sites is 1. The third kappa shape index (κ3) is 3.71. The van der Waals surface area contributed by atoms with Gasteiger partial charge in [-0.1, -0.05) is 103 Å². The molecule has 7 aromatic carbocycles. The Labute approximate surface area is 256 Å². The fraction of sp³-hybridized carbons (Fsp3) is 0. The topological polar surface area (TPSA) is 3.24 Å². The fourth-order valence-corrected chi connectivity index (χ4v) is 7.10. The van der Waals surface area contributed by atoms with Crippen molar-refractivity contribution in [3.8, 4) is 66.8 Å². The summed E-state index contributed by atoms with van der Waals surface area (Å²) in [5.41, 5.74) is 18.2. The van der Waals surface area contributed by atoms with Gasteiger partial charge in [0.05, 0.1) is 0 Å². The molecular weight excluding hydrogens is 537 g/mol. The molecule has 0 radical (unpaired) electrons. The lowest BCUT2D eigenvalue weighted by Crippen LogP contribution is -2.09. The highest BCUT2D eigenvalue weighted by atomic mass is 19.1. The van der Waals surface area contributed by atoms with Crippen LogP contribution in [0, 0.1) is 5.82 Å². The molecule has 9 rings (SSSR count). The molecule has 206 valence electrons. The summed E-state index contributed by atoms with van der Waals surface area (Å²) in [6.07, 6.45) is 0. The SMILES string of the molecule is Fc1ccc(N(c2ccccc2)c2ccc(-c3ccc4c(c3)-c3c5cccc3-c3cccc-4c3-c3ccccc3-5)cc2)cc1. The van der Waals surface area contributed by atoms with E-state index in [9.17, 15) is 4.39 Å². The number of hydrogen-bond donors (Lipinski definition) is 0. The Morgan fingerprint density at radius 2 is 0.773 bits per heavy atom. The molecule has 0 saturated heterocycles. The minimum absolute atomic E-state index is 0.244. The zero-order valence-corrected chi connectivity index (χ0v) is 23.8. The Kier molecular flexibility index (Phi) is 5.45. The molecule has 2 heteroatoms. The number of halogens is 1. The monoisotopic (exact) mass is 563 g/mol. The normalized spacial score (nSPS) is 11.8. The first-order valence-electron chi connectivity index (χ1n) is 15.0. The van der Waals surface area contributed by atoms with E-state index in [0.29, 0.717) is 0 Å². The van der Waals surface area contributed by atoms with Crippen molar-refractivity contribution in [1.29, 1.82) is 0 Å². The zero-order valence-electron chi connectivity index (χ0n) is 23.8. The third-order valence-corrected chi connectivity index (χ3v) is 9.04. The largest absolute Gasteiger partial charge is 0.311 e. The maximum atomic E-state index is 13.8. The van der Waals surface area contributed by atoms with E-state index in [1.807, 2.05) is 30.3 Å². The molecule has 2 aliphatic carbocycles. The predicted molar refractivity (Wildman–Crippen MR) is 181 cm³/mol. The molecule has 1 nitrogen and oxygen atoms in total. The molecule has 0 heterocycles. The summed E-state index contributed by atoms with van der Waals surface area (Å²) in [6, 6.07) is 54.8. The summed E-state index contributed by atoms with van der Waals surface area (Å²) in [4.78, 5) is 2.15. The number of nitrogens with zero attached hydrogens (tertiary/aromatic N) is 1. The van der Waals surface area contributed by atoms with Gasteiger partial charge in [-0.15, -0.1) is 0 Å². The Balaban J connectivity index is 1.19. The average Bonchev–Trinajstić information content (AvgIpc) is 3.19. The lowest BCUT2D eigenvalue weighted by Gasteiger charge is -2.25. The van der Waals surface area contributed by atoms with Crippen LogP contribution < -0.4 is 4.90 Å². The minimum atomic E-state index is -0.244. The molecule has 6 bridgehead atoms. The van der Waals surface area contributed by atoms with Gasteiger partial charge in [0.2, 0.25) is 0 Å². The molecule has 0 atom stereocenters. The summed E-state index contributed by atoms with van der Waals surface area (Å²) in [7, 11) is 0. The smallest absolute Gasteiger partial charge is 0.123 e. The second kappa shape index (κ2) is 9.65. The first-order chi connectivity index (χ1) is 21.7. The highest BCUT2D eigenvalue weighted by Crippen LogP contribution is 2.57. The van der Waals surface area contributed by atoms with E-state index >= 15 is 0 Å². The summed E-state index contributed by atoms with van der Waals surface area (Å²) in [6.45, 7) is 0. The minimum Gasteiger partial charge on any atom is -0.311 e. The van der Waals surface area contributed by atoms with Crippen LogP contribution in [0.1, 0.15) is 0 Å². The van der Waals surface area contributed by atoms with Crippen molar-refractivity contribution in [3.63, 3.8) is 0 Å². The van der Waals surface area contributed by atoms with Crippen molar-refractivity contribution in [2.45, 2.75) is 0 Å². The van der Waals surface area contributed by atoms with E-state index < -0.39 is 0 Å². The Morgan fingerprint density at radius 3 is 1.43 bits per heavy atom. The lowest BCUT2D eigenvalue weighted by atomic mass is 9.83. The van der Waals surface area contributed by atoms with Crippen molar-refractivity contribution in [3.05, 3.63) is 164 Å². The highest BCUT2D eigenvalue weighted by molar-refractivity contribution is 6.15. The number of anilines is 3. The van der Waals surface area contributed by atoms with Crippen LogP contribution in [-0.4, -0.2) is 0 Å². The van der Waals surface area contributed by atoms with Gasteiger partial charge in [0.15, 0.2) is 0 Å². The van der Waals surface area contributed by atoms with Crippen molar-refractivity contribution >= 4 is 17.1 Å². The first kappa shape index (κ1) is 24.8. The maximum Gasteiger partial charge on any atom is 0.123 e. The lowest BCUT2D eigenvalue weighted by molar-refractivity contribution is 0.628. The zero-order chi connectivity index (χ0) is 29.2. The number of hydrogen-bond acceptors (Lipinski definition) is 1. The molecule has 0 aliphatic heterocycles. The molecule has 0 spiro atoms. The van der Waals surface area contributed by atoms with Gasteiger partial charge in [0.1, 0.15) is 5.82 Å². The van der Waals surface area contributed by atoms with Crippen LogP contribution in [0.15, 0.2) is 158 Å². The molecule has 0 unspecified atom stereocenters.